The van der Waals surface area contributed by atoms with Crippen LogP contribution in [0.1, 0.15) is 19.8 Å². The molecule has 0 atom stereocenters. The third-order valence-corrected chi connectivity index (χ3v) is 3.88. The van der Waals surface area contributed by atoms with E-state index in [2.05, 4.69) is 0 Å². The molecule has 1 aliphatic heterocycles. The van der Waals surface area contributed by atoms with Crippen molar-refractivity contribution < 1.29 is 18.3 Å². The minimum absolute atomic E-state index is 0.0782. The molecule has 1 heterocycles. The van der Waals surface area contributed by atoms with Crippen LogP contribution in [0.5, 0.6) is 0 Å². The molecular weight excluding hydrogens is 192 g/mol. The van der Waals surface area contributed by atoms with Crippen LogP contribution in [0.4, 0.5) is 0 Å². The van der Waals surface area contributed by atoms with Crippen LogP contribution < -0.4 is 0 Å². The Morgan fingerprint density at radius 3 is 2.54 bits per heavy atom. The van der Waals surface area contributed by atoms with Crippen molar-refractivity contribution in [2.45, 2.75) is 19.8 Å². The second-order valence-corrected chi connectivity index (χ2v) is 5.41. The van der Waals surface area contributed by atoms with Gasteiger partial charge in [0.25, 0.3) is 0 Å². The molecule has 0 aromatic rings. The van der Waals surface area contributed by atoms with Gasteiger partial charge in [0.05, 0.1) is 11.5 Å². The van der Waals surface area contributed by atoms with Gasteiger partial charge in [-0.15, -0.1) is 0 Å². The highest BCUT2D eigenvalue weighted by molar-refractivity contribution is 7.91. The summed E-state index contributed by atoms with van der Waals surface area (Å²) in [5.41, 5.74) is 0.738. The Morgan fingerprint density at radius 2 is 2.08 bits per heavy atom. The standard InChI is InChI=1S/C8H12O4S/c1-6(8(9)10)7-3-2-4-13(11,12)5-7/h2-5H2,1H3,(H,9,10). The molecule has 0 aromatic heterocycles. The summed E-state index contributed by atoms with van der Waals surface area (Å²) in [6.07, 6.45) is 1.14. The van der Waals surface area contributed by atoms with E-state index in [1.807, 2.05) is 0 Å². The molecule has 0 spiro atoms. The lowest BCUT2D eigenvalue weighted by molar-refractivity contribution is -0.132. The number of carbonyl (C=O) groups is 1. The van der Waals surface area contributed by atoms with Gasteiger partial charge in [-0.3, -0.25) is 0 Å². The van der Waals surface area contributed by atoms with Crippen molar-refractivity contribution >= 4 is 15.8 Å². The largest absolute Gasteiger partial charge is 0.478 e. The molecule has 0 aliphatic carbocycles. The van der Waals surface area contributed by atoms with Crippen LogP contribution in [0.2, 0.25) is 0 Å². The van der Waals surface area contributed by atoms with Gasteiger partial charge in [-0.05, 0) is 25.3 Å². The summed E-state index contributed by atoms with van der Waals surface area (Å²) in [7, 11) is -3.03. The van der Waals surface area contributed by atoms with E-state index in [9.17, 15) is 13.2 Å². The number of hydrogen-bond donors (Lipinski definition) is 1. The molecule has 0 aromatic carbocycles. The van der Waals surface area contributed by atoms with Gasteiger partial charge in [0.15, 0.2) is 9.84 Å². The van der Waals surface area contributed by atoms with Gasteiger partial charge in [-0.25, -0.2) is 13.2 Å². The molecule has 1 N–H and O–H groups in total. The maximum absolute atomic E-state index is 11.2. The molecule has 1 fully saturated rings. The van der Waals surface area contributed by atoms with E-state index in [0.29, 0.717) is 18.4 Å². The predicted octanol–water partition coefficient (Wildman–Crippen LogP) is 0.596. The topological polar surface area (TPSA) is 71.4 Å². The summed E-state index contributed by atoms with van der Waals surface area (Å²) in [5, 5.41) is 8.65. The molecule has 0 unspecified atom stereocenters. The second-order valence-electron chi connectivity index (χ2n) is 3.23. The highest BCUT2D eigenvalue weighted by atomic mass is 32.2. The lowest BCUT2D eigenvalue weighted by atomic mass is 10.1. The quantitative estimate of drug-likeness (QED) is 0.635. The lowest BCUT2D eigenvalue weighted by Crippen LogP contribution is -2.21. The van der Waals surface area contributed by atoms with Crippen molar-refractivity contribution in [3.05, 3.63) is 11.1 Å². The minimum Gasteiger partial charge on any atom is -0.478 e. The van der Waals surface area contributed by atoms with E-state index >= 15 is 0 Å². The molecule has 0 bridgehead atoms. The van der Waals surface area contributed by atoms with Crippen LogP contribution in [0.3, 0.4) is 0 Å². The smallest absolute Gasteiger partial charge is 0.331 e. The molecule has 0 amide bonds. The first kappa shape index (κ1) is 10.2. The Kier molecular flexibility index (Phi) is 2.75. The summed E-state index contributed by atoms with van der Waals surface area (Å²) in [6.45, 7) is 1.46. The average molecular weight is 204 g/mol. The second kappa shape index (κ2) is 3.49. The van der Waals surface area contributed by atoms with Gasteiger partial charge in [-0.1, -0.05) is 0 Å². The van der Waals surface area contributed by atoms with Crippen LogP contribution >= 0.6 is 0 Å². The Bertz CT molecular complexity index is 350. The summed E-state index contributed by atoms with van der Waals surface area (Å²) in [6, 6.07) is 0. The third kappa shape index (κ3) is 2.55. The van der Waals surface area contributed by atoms with Crippen molar-refractivity contribution in [3.63, 3.8) is 0 Å². The molecule has 0 radical (unpaired) electrons. The maximum Gasteiger partial charge on any atom is 0.331 e. The zero-order chi connectivity index (χ0) is 10.1. The number of rotatable bonds is 1. The van der Waals surface area contributed by atoms with Crippen LogP contribution in [-0.2, 0) is 14.6 Å². The summed E-state index contributed by atoms with van der Waals surface area (Å²) in [4.78, 5) is 10.6. The molecule has 5 heteroatoms. The van der Waals surface area contributed by atoms with E-state index in [1.165, 1.54) is 6.92 Å². The highest BCUT2D eigenvalue weighted by Gasteiger charge is 2.22. The van der Waals surface area contributed by atoms with E-state index in [1.54, 1.807) is 0 Å². The normalized spacial score (nSPS) is 25.3. The van der Waals surface area contributed by atoms with E-state index in [0.717, 1.165) is 0 Å². The van der Waals surface area contributed by atoms with Crippen LogP contribution in [0, 0.1) is 0 Å². The summed E-state index contributed by atoms with van der Waals surface area (Å²) >= 11 is 0. The fraction of sp³-hybridized carbons (Fsp3) is 0.625. The van der Waals surface area contributed by atoms with Crippen LogP contribution in [0.15, 0.2) is 11.1 Å². The zero-order valence-corrected chi connectivity index (χ0v) is 8.23. The number of hydrogen-bond acceptors (Lipinski definition) is 3. The number of aliphatic carboxylic acids is 1. The Balaban J connectivity index is 2.96. The summed E-state index contributed by atoms with van der Waals surface area (Å²) < 4.78 is 22.3. The van der Waals surface area contributed by atoms with Crippen molar-refractivity contribution in [2.24, 2.45) is 0 Å². The molecule has 0 saturated carbocycles. The highest BCUT2D eigenvalue weighted by Crippen LogP contribution is 2.20. The SMILES string of the molecule is CC(C(=O)O)=C1CCCS(=O)(=O)C1. The van der Waals surface area contributed by atoms with E-state index in [4.69, 9.17) is 5.11 Å². The molecule has 1 aliphatic rings. The van der Waals surface area contributed by atoms with Crippen molar-refractivity contribution in [1.29, 1.82) is 0 Å². The minimum atomic E-state index is -3.03. The number of carboxylic acids is 1. The van der Waals surface area contributed by atoms with Crippen LogP contribution in [-0.4, -0.2) is 31.0 Å². The fourth-order valence-electron chi connectivity index (χ4n) is 1.36. The van der Waals surface area contributed by atoms with E-state index in [-0.39, 0.29) is 17.1 Å². The van der Waals surface area contributed by atoms with Gasteiger partial charge in [-0.2, -0.15) is 0 Å². The fourth-order valence-corrected chi connectivity index (χ4v) is 2.98. The Labute approximate surface area is 77.2 Å². The average Bonchev–Trinajstić information content (AvgIpc) is 2.01. The first-order valence-electron chi connectivity index (χ1n) is 4.05. The Hall–Kier alpha value is -0.840. The molecule has 1 rings (SSSR count). The molecule has 13 heavy (non-hydrogen) atoms. The number of sulfone groups is 1. The van der Waals surface area contributed by atoms with Crippen molar-refractivity contribution in [3.8, 4) is 0 Å². The zero-order valence-electron chi connectivity index (χ0n) is 7.41. The van der Waals surface area contributed by atoms with Crippen LogP contribution in [0.25, 0.3) is 0 Å². The van der Waals surface area contributed by atoms with E-state index < -0.39 is 15.8 Å². The number of carboxylic acid groups (broad SMARTS) is 1. The molecule has 1 saturated heterocycles. The van der Waals surface area contributed by atoms with Crippen molar-refractivity contribution in [1.82, 2.24) is 0 Å². The predicted molar refractivity (Wildman–Crippen MR) is 48.2 cm³/mol. The molecule has 4 nitrogen and oxygen atoms in total. The third-order valence-electron chi connectivity index (χ3n) is 2.18. The maximum atomic E-state index is 11.2. The monoisotopic (exact) mass is 204 g/mol. The first-order valence-corrected chi connectivity index (χ1v) is 5.87. The lowest BCUT2D eigenvalue weighted by Gasteiger charge is -2.15. The van der Waals surface area contributed by atoms with Gasteiger partial charge in [0, 0.05) is 5.57 Å². The van der Waals surface area contributed by atoms with Gasteiger partial charge in [0.2, 0.25) is 0 Å². The Morgan fingerprint density at radius 1 is 1.46 bits per heavy atom. The summed E-state index contributed by atoms with van der Waals surface area (Å²) in [5.74, 6) is -0.916. The first-order chi connectivity index (χ1) is 5.92. The van der Waals surface area contributed by atoms with Crippen molar-refractivity contribution in [2.75, 3.05) is 11.5 Å². The molecular formula is C8H12O4S. The molecule has 74 valence electrons. The van der Waals surface area contributed by atoms with Gasteiger partial charge in [0.1, 0.15) is 0 Å². The van der Waals surface area contributed by atoms with Gasteiger partial charge < -0.3 is 5.11 Å². The van der Waals surface area contributed by atoms with Gasteiger partial charge >= 0.3 is 5.97 Å².